The quantitative estimate of drug-likeness (QED) is 0.610. The van der Waals surface area contributed by atoms with Crippen LogP contribution in [0.2, 0.25) is 0 Å². The van der Waals surface area contributed by atoms with Crippen LogP contribution < -0.4 is 5.32 Å². The molecule has 0 saturated heterocycles. The summed E-state index contributed by atoms with van der Waals surface area (Å²) in [5.41, 5.74) is 0.747. The summed E-state index contributed by atoms with van der Waals surface area (Å²) in [5.74, 6) is -0.576. The molecule has 0 radical (unpaired) electrons. The van der Waals surface area contributed by atoms with Crippen LogP contribution >= 0.6 is 11.3 Å². The smallest absolute Gasteiger partial charge is 0.296 e. The lowest BCUT2D eigenvalue weighted by Crippen LogP contribution is -2.10. The maximum atomic E-state index is 13.3. The lowest BCUT2D eigenvalue weighted by molar-refractivity contribution is 0.0988. The van der Waals surface area contributed by atoms with Gasteiger partial charge in [-0.05, 0) is 29.7 Å². The van der Waals surface area contributed by atoms with Crippen LogP contribution in [0.1, 0.15) is 10.6 Å². The van der Waals surface area contributed by atoms with Crippen LogP contribution in [0.4, 0.5) is 9.52 Å². The molecular weight excluding hydrogens is 305 g/mol. The number of hydrogen-bond donors (Lipinski definition) is 1. The number of nitrogens with zero attached hydrogens (tertiary/aromatic N) is 2. The third-order valence-corrected chi connectivity index (χ3v) is 4.23. The minimum Gasteiger partial charge on any atom is -0.351 e. The van der Waals surface area contributed by atoms with Gasteiger partial charge in [0.15, 0.2) is 5.13 Å². The summed E-state index contributed by atoms with van der Waals surface area (Å²) < 4.78 is 19.0. The molecule has 0 unspecified atom stereocenters. The van der Waals surface area contributed by atoms with Crippen LogP contribution in [-0.2, 0) is 0 Å². The highest BCUT2D eigenvalue weighted by atomic mass is 32.1. The van der Waals surface area contributed by atoms with Crippen molar-refractivity contribution in [1.29, 1.82) is 0 Å². The van der Waals surface area contributed by atoms with Gasteiger partial charge in [0.25, 0.3) is 5.91 Å². The van der Waals surface area contributed by atoms with Crippen LogP contribution in [0.25, 0.3) is 21.0 Å². The van der Waals surface area contributed by atoms with E-state index in [2.05, 4.69) is 15.5 Å². The van der Waals surface area contributed by atoms with E-state index in [1.807, 2.05) is 6.07 Å². The van der Waals surface area contributed by atoms with Crippen molar-refractivity contribution in [2.45, 2.75) is 0 Å². The maximum absolute atomic E-state index is 13.3. The number of nitrogens with one attached hydrogen (secondary N) is 1. The number of halogens is 1. The van der Waals surface area contributed by atoms with Crippen molar-refractivity contribution in [3.05, 3.63) is 54.2 Å². The Morgan fingerprint density at radius 2 is 2.14 bits per heavy atom. The predicted octanol–water partition coefficient (Wildman–Crippen LogP) is 3.83. The fourth-order valence-corrected chi connectivity index (χ4v) is 3.23. The summed E-state index contributed by atoms with van der Waals surface area (Å²) in [7, 11) is 0. The molecule has 2 aromatic heterocycles. The average Bonchev–Trinajstić information content (AvgIpc) is 3.15. The Morgan fingerprint density at radius 1 is 1.23 bits per heavy atom. The maximum Gasteiger partial charge on any atom is 0.296 e. The Hall–Kier alpha value is -2.80. The molecule has 5 nitrogen and oxygen atoms in total. The molecule has 2 heterocycles. The van der Waals surface area contributed by atoms with E-state index in [0.717, 1.165) is 21.0 Å². The lowest BCUT2D eigenvalue weighted by atomic mass is 10.1. The third kappa shape index (κ3) is 2.11. The highest BCUT2D eigenvalue weighted by Gasteiger charge is 2.14. The molecule has 0 saturated carbocycles. The number of benzene rings is 2. The van der Waals surface area contributed by atoms with E-state index in [4.69, 9.17) is 4.52 Å². The van der Waals surface area contributed by atoms with Crippen molar-refractivity contribution >= 4 is 43.4 Å². The number of aromatic nitrogens is 2. The van der Waals surface area contributed by atoms with Crippen molar-refractivity contribution in [2.24, 2.45) is 0 Å². The van der Waals surface area contributed by atoms with Crippen LogP contribution in [0.5, 0.6) is 0 Å². The molecule has 0 aliphatic heterocycles. The summed E-state index contributed by atoms with van der Waals surface area (Å²) in [5, 5.41) is 8.31. The fraction of sp³-hybridized carbons (Fsp3) is 0. The van der Waals surface area contributed by atoms with E-state index in [9.17, 15) is 9.18 Å². The molecule has 1 N–H and O–H groups in total. The first-order chi connectivity index (χ1) is 10.7. The van der Waals surface area contributed by atoms with Crippen molar-refractivity contribution in [1.82, 2.24) is 10.1 Å². The summed E-state index contributed by atoms with van der Waals surface area (Å²) in [6.07, 6.45) is 1.40. The molecule has 0 bridgehead atoms. The molecule has 22 heavy (non-hydrogen) atoms. The fourth-order valence-electron chi connectivity index (χ4n) is 2.23. The van der Waals surface area contributed by atoms with E-state index >= 15 is 0 Å². The molecule has 2 aromatic carbocycles. The van der Waals surface area contributed by atoms with Gasteiger partial charge in [-0.25, -0.2) is 9.37 Å². The number of hydrogen-bond acceptors (Lipinski definition) is 5. The van der Waals surface area contributed by atoms with Gasteiger partial charge in [-0.3, -0.25) is 10.1 Å². The van der Waals surface area contributed by atoms with Gasteiger partial charge in [0, 0.05) is 11.5 Å². The second-order valence-corrected chi connectivity index (χ2v) is 5.63. The number of carbonyl (C=O) groups is 1. The van der Waals surface area contributed by atoms with Gasteiger partial charge in [-0.1, -0.05) is 22.6 Å². The molecule has 0 aliphatic carbocycles. The monoisotopic (exact) mass is 313 g/mol. The summed E-state index contributed by atoms with van der Waals surface area (Å²) in [6, 6.07) is 9.68. The first kappa shape index (κ1) is 12.9. The number of amides is 1. The van der Waals surface area contributed by atoms with Gasteiger partial charge in [-0.2, -0.15) is 0 Å². The lowest BCUT2D eigenvalue weighted by Gasteiger charge is -1.98. The van der Waals surface area contributed by atoms with Crippen molar-refractivity contribution in [2.75, 3.05) is 5.32 Å². The van der Waals surface area contributed by atoms with Crippen molar-refractivity contribution < 1.29 is 13.7 Å². The molecule has 7 heteroatoms. The Labute approximate surface area is 127 Å². The minimum absolute atomic E-state index is 0.117. The highest BCUT2D eigenvalue weighted by molar-refractivity contribution is 7.23. The summed E-state index contributed by atoms with van der Waals surface area (Å²) in [4.78, 5) is 16.3. The molecule has 108 valence electrons. The molecule has 0 aliphatic rings. The number of anilines is 1. The number of carbonyl (C=O) groups excluding carboxylic acids is 1. The normalized spacial score (nSPS) is 11.1. The van der Waals surface area contributed by atoms with E-state index in [0.29, 0.717) is 5.13 Å². The van der Waals surface area contributed by atoms with Crippen LogP contribution in [0, 0.1) is 5.82 Å². The molecule has 0 atom stereocenters. The van der Waals surface area contributed by atoms with Crippen LogP contribution in [-0.4, -0.2) is 16.0 Å². The predicted molar refractivity (Wildman–Crippen MR) is 81.5 cm³/mol. The van der Waals surface area contributed by atoms with Gasteiger partial charge < -0.3 is 4.52 Å². The topological polar surface area (TPSA) is 68.0 Å². The van der Waals surface area contributed by atoms with Crippen molar-refractivity contribution in [3.63, 3.8) is 0 Å². The van der Waals surface area contributed by atoms with E-state index in [1.165, 1.54) is 35.7 Å². The van der Waals surface area contributed by atoms with Gasteiger partial charge in [0.05, 0.1) is 16.4 Å². The van der Waals surface area contributed by atoms with E-state index in [1.54, 1.807) is 12.1 Å². The largest absolute Gasteiger partial charge is 0.351 e. The first-order valence-electron chi connectivity index (χ1n) is 6.41. The second-order valence-electron chi connectivity index (χ2n) is 4.63. The minimum atomic E-state index is -0.410. The van der Waals surface area contributed by atoms with E-state index < -0.39 is 5.91 Å². The molecule has 4 aromatic rings. The summed E-state index contributed by atoms with van der Waals surface area (Å²) in [6.45, 7) is 0. The standard InChI is InChI=1S/C15H8FN3O2S/c16-9-2-3-10-8(7-9)1-4-11-13(10)22-15(18-11)19-14(20)12-5-6-17-21-12/h1-7H,(H,18,19,20). The van der Waals surface area contributed by atoms with Gasteiger partial charge >= 0.3 is 0 Å². The Balaban J connectivity index is 1.77. The Bertz CT molecular complexity index is 995. The third-order valence-electron chi connectivity index (χ3n) is 3.21. The Kier molecular flexibility index (Phi) is 2.87. The highest BCUT2D eigenvalue weighted by Crippen LogP contribution is 2.33. The SMILES string of the molecule is O=C(Nc1nc2ccc3cc(F)ccc3c2s1)c1ccno1. The van der Waals surface area contributed by atoms with Gasteiger partial charge in [0.2, 0.25) is 5.76 Å². The second kappa shape index (κ2) is 4.88. The molecule has 0 fully saturated rings. The van der Waals surface area contributed by atoms with Crippen LogP contribution in [0.15, 0.2) is 47.1 Å². The molecule has 4 rings (SSSR count). The number of rotatable bonds is 2. The zero-order chi connectivity index (χ0) is 15.1. The van der Waals surface area contributed by atoms with Crippen molar-refractivity contribution in [3.8, 4) is 0 Å². The van der Waals surface area contributed by atoms with E-state index in [-0.39, 0.29) is 11.6 Å². The zero-order valence-corrected chi connectivity index (χ0v) is 11.9. The molecule has 1 amide bonds. The van der Waals surface area contributed by atoms with Gasteiger partial charge in [-0.15, -0.1) is 0 Å². The number of thiazole rings is 1. The summed E-state index contributed by atoms with van der Waals surface area (Å²) >= 11 is 1.33. The number of fused-ring (bicyclic) bond motifs is 3. The molecule has 0 spiro atoms. The Morgan fingerprint density at radius 3 is 2.95 bits per heavy atom. The van der Waals surface area contributed by atoms with Crippen LogP contribution in [0.3, 0.4) is 0 Å². The zero-order valence-electron chi connectivity index (χ0n) is 11.0. The average molecular weight is 313 g/mol. The van der Waals surface area contributed by atoms with Gasteiger partial charge in [0.1, 0.15) is 5.82 Å². The molecular formula is C15H8FN3O2S. The first-order valence-corrected chi connectivity index (χ1v) is 7.23.